The normalized spacial score (nSPS) is 19.3. The van der Waals surface area contributed by atoms with Crippen LogP contribution in [0.15, 0.2) is 18.2 Å². The Morgan fingerprint density at radius 2 is 1.73 bits per heavy atom. The summed E-state index contributed by atoms with van der Waals surface area (Å²) in [5.41, 5.74) is 3.62. The Morgan fingerprint density at radius 3 is 2.45 bits per heavy atom. The molecular weight excluding hydrogens is 322 g/mol. The Balaban J connectivity index is 0.00000176. The molecule has 2 aliphatic rings. The van der Waals surface area contributed by atoms with Crippen molar-refractivity contribution in [1.29, 1.82) is 0 Å². The van der Waals surface area contributed by atoms with Crippen LogP contribution in [0.4, 0.5) is 0 Å². The number of benzene rings is 1. The molecule has 22 heavy (non-hydrogen) atoms. The summed E-state index contributed by atoms with van der Waals surface area (Å²) in [6.07, 6.45) is 4.19. The van der Waals surface area contributed by atoms with Gasteiger partial charge in [0.25, 0.3) is 10.2 Å². The standard InChI is InChI=1S/C15H23N3O2S.ClH/c19-21(20,18-7-3-1-2-4-8-18)17-10-13-5-6-14-11-16-12-15(14)9-13;/h5-6,9,16-17H,1-4,7-8,10-12H2;1H. The second kappa shape index (κ2) is 7.75. The highest BCUT2D eigenvalue weighted by molar-refractivity contribution is 7.87. The van der Waals surface area contributed by atoms with Crippen LogP contribution in [-0.4, -0.2) is 25.8 Å². The van der Waals surface area contributed by atoms with Gasteiger partial charge in [0, 0.05) is 32.7 Å². The topological polar surface area (TPSA) is 61.4 Å². The van der Waals surface area contributed by atoms with E-state index in [-0.39, 0.29) is 12.4 Å². The smallest absolute Gasteiger partial charge is 0.279 e. The van der Waals surface area contributed by atoms with Gasteiger partial charge in [-0.05, 0) is 29.5 Å². The molecule has 124 valence electrons. The minimum Gasteiger partial charge on any atom is -0.309 e. The lowest BCUT2D eigenvalue weighted by Gasteiger charge is -2.20. The Hall–Kier alpha value is -0.660. The maximum Gasteiger partial charge on any atom is 0.279 e. The van der Waals surface area contributed by atoms with Crippen molar-refractivity contribution >= 4 is 22.6 Å². The monoisotopic (exact) mass is 345 g/mol. The van der Waals surface area contributed by atoms with E-state index in [1.54, 1.807) is 4.31 Å². The van der Waals surface area contributed by atoms with Crippen LogP contribution in [0.3, 0.4) is 0 Å². The minimum absolute atomic E-state index is 0. The van der Waals surface area contributed by atoms with Crippen molar-refractivity contribution in [3.05, 3.63) is 34.9 Å². The predicted molar refractivity (Wildman–Crippen MR) is 90.0 cm³/mol. The van der Waals surface area contributed by atoms with Crippen LogP contribution in [0.5, 0.6) is 0 Å². The number of nitrogens with one attached hydrogen (secondary N) is 2. The first kappa shape index (κ1) is 17.7. The largest absolute Gasteiger partial charge is 0.309 e. The zero-order valence-electron chi connectivity index (χ0n) is 12.7. The van der Waals surface area contributed by atoms with Gasteiger partial charge in [-0.15, -0.1) is 12.4 Å². The molecule has 3 rings (SSSR count). The van der Waals surface area contributed by atoms with E-state index in [9.17, 15) is 8.42 Å². The third-order valence-electron chi connectivity index (χ3n) is 4.27. The van der Waals surface area contributed by atoms with Crippen LogP contribution in [0.25, 0.3) is 0 Å². The molecule has 0 atom stereocenters. The lowest BCUT2D eigenvalue weighted by atomic mass is 10.1. The molecule has 0 aliphatic carbocycles. The number of hydrogen-bond donors (Lipinski definition) is 2. The summed E-state index contributed by atoms with van der Waals surface area (Å²) in [7, 11) is -3.35. The molecule has 1 saturated heterocycles. The van der Waals surface area contributed by atoms with Gasteiger partial charge < -0.3 is 5.32 Å². The van der Waals surface area contributed by atoms with E-state index < -0.39 is 10.2 Å². The summed E-state index contributed by atoms with van der Waals surface area (Å²) in [5, 5.41) is 3.30. The van der Waals surface area contributed by atoms with Gasteiger partial charge in [-0.1, -0.05) is 31.0 Å². The number of halogens is 1. The Kier molecular flexibility index (Phi) is 6.23. The molecule has 1 fully saturated rings. The first-order valence-corrected chi connectivity index (χ1v) is 9.15. The summed E-state index contributed by atoms with van der Waals surface area (Å²) in [4.78, 5) is 0. The zero-order valence-corrected chi connectivity index (χ0v) is 14.3. The third-order valence-corrected chi connectivity index (χ3v) is 5.82. The number of hydrogen-bond acceptors (Lipinski definition) is 3. The van der Waals surface area contributed by atoms with Crippen molar-refractivity contribution in [1.82, 2.24) is 14.3 Å². The van der Waals surface area contributed by atoms with Crippen molar-refractivity contribution in [3.63, 3.8) is 0 Å². The summed E-state index contributed by atoms with van der Waals surface area (Å²) < 4.78 is 29.0. The quantitative estimate of drug-likeness (QED) is 0.876. The van der Waals surface area contributed by atoms with Crippen molar-refractivity contribution in [2.24, 2.45) is 0 Å². The van der Waals surface area contributed by atoms with Crippen LogP contribution in [0, 0.1) is 0 Å². The van der Waals surface area contributed by atoms with E-state index in [0.29, 0.717) is 19.6 Å². The number of nitrogens with zero attached hydrogens (tertiary/aromatic N) is 1. The summed E-state index contributed by atoms with van der Waals surface area (Å²) in [5.74, 6) is 0. The molecular formula is C15H24ClN3O2S. The van der Waals surface area contributed by atoms with Crippen LogP contribution in [-0.2, 0) is 29.8 Å². The third kappa shape index (κ3) is 4.20. The molecule has 5 nitrogen and oxygen atoms in total. The second-order valence-electron chi connectivity index (χ2n) is 5.85. The molecule has 0 spiro atoms. The van der Waals surface area contributed by atoms with Gasteiger partial charge in [0.1, 0.15) is 0 Å². The molecule has 7 heteroatoms. The lowest BCUT2D eigenvalue weighted by molar-refractivity contribution is 0.414. The fraction of sp³-hybridized carbons (Fsp3) is 0.600. The maximum absolute atomic E-state index is 12.3. The fourth-order valence-electron chi connectivity index (χ4n) is 3.01. The molecule has 2 N–H and O–H groups in total. The van der Waals surface area contributed by atoms with E-state index in [0.717, 1.165) is 44.3 Å². The van der Waals surface area contributed by atoms with Crippen molar-refractivity contribution < 1.29 is 8.42 Å². The van der Waals surface area contributed by atoms with Crippen LogP contribution in [0.1, 0.15) is 42.4 Å². The molecule has 1 aromatic rings. The van der Waals surface area contributed by atoms with Crippen molar-refractivity contribution in [2.75, 3.05) is 13.1 Å². The van der Waals surface area contributed by atoms with Gasteiger partial charge in [0.2, 0.25) is 0 Å². The molecule has 0 saturated carbocycles. The molecule has 0 amide bonds. The predicted octanol–water partition coefficient (Wildman–Crippen LogP) is 1.92. The van der Waals surface area contributed by atoms with Gasteiger partial charge in [0.05, 0.1) is 0 Å². The zero-order chi connectivity index (χ0) is 14.7. The Morgan fingerprint density at radius 1 is 1.05 bits per heavy atom. The van der Waals surface area contributed by atoms with Crippen LogP contribution >= 0.6 is 12.4 Å². The highest BCUT2D eigenvalue weighted by Gasteiger charge is 2.22. The molecule has 0 aromatic heterocycles. The first-order valence-electron chi connectivity index (χ1n) is 7.71. The fourth-order valence-corrected chi connectivity index (χ4v) is 4.28. The summed E-state index contributed by atoms with van der Waals surface area (Å²) in [6, 6.07) is 6.20. The molecule has 0 bridgehead atoms. The van der Waals surface area contributed by atoms with Crippen LogP contribution < -0.4 is 10.0 Å². The van der Waals surface area contributed by atoms with Gasteiger partial charge in [0.15, 0.2) is 0 Å². The van der Waals surface area contributed by atoms with Gasteiger partial charge >= 0.3 is 0 Å². The lowest BCUT2D eigenvalue weighted by Crippen LogP contribution is -2.40. The molecule has 1 aromatic carbocycles. The van der Waals surface area contributed by atoms with E-state index in [2.05, 4.69) is 22.2 Å². The first-order chi connectivity index (χ1) is 10.1. The average molecular weight is 346 g/mol. The van der Waals surface area contributed by atoms with Crippen LogP contribution in [0.2, 0.25) is 0 Å². The van der Waals surface area contributed by atoms with Crippen molar-refractivity contribution in [2.45, 2.75) is 45.3 Å². The van der Waals surface area contributed by atoms with E-state index in [1.165, 1.54) is 11.1 Å². The molecule has 0 unspecified atom stereocenters. The molecule has 2 aliphatic heterocycles. The maximum atomic E-state index is 12.3. The molecule has 0 radical (unpaired) electrons. The minimum atomic E-state index is -3.35. The van der Waals surface area contributed by atoms with Gasteiger partial charge in [-0.25, -0.2) is 0 Å². The highest BCUT2D eigenvalue weighted by atomic mass is 35.5. The van der Waals surface area contributed by atoms with E-state index in [1.807, 2.05) is 6.07 Å². The van der Waals surface area contributed by atoms with E-state index >= 15 is 0 Å². The Bertz CT molecular complexity index is 599. The van der Waals surface area contributed by atoms with Gasteiger partial charge in [-0.3, -0.25) is 0 Å². The summed E-state index contributed by atoms with van der Waals surface area (Å²) in [6.45, 7) is 3.44. The second-order valence-corrected chi connectivity index (χ2v) is 7.60. The van der Waals surface area contributed by atoms with E-state index in [4.69, 9.17) is 0 Å². The SMILES string of the molecule is Cl.O=S(=O)(NCc1ccc2c(c1)CNC2)N1CCCCCC1. The highest BCUT2D eigenvalue weighted by Crippen LogP contribution is 2.17. The van der Waals surface area contributed by atoms with Gasteiger partial charge in [-0.2, -0.15) is 17.4 Å². The number of fused-ring (bicyclic) bond motifs is 1. The Labute approximate surface area is 139 Å². The summed E-state index contributed by atoms with van der Waals surface area (Å²) >= 11 is 0. The number of rotatable bonds is 4. The average Bonchev–Trinajstić information content (AvgIpc) is 2.76. The molecule has 2 heterocycles. The van der Waals surface area contributed by atoms with Crippen molar-refractivity contribution in [3.8, 4) is 0 Å².